The summed E-state index contributed by atoms with van der Waals surface area (Å²) in [4.78, 5) is 14.5. The van der Waals surface area contributed by atoms with Crippen LogP contribution in [-0.2, 0) is 10.4 Å². The monoisotopic (exact) mass is 359 g/mol. The van der Waals surface area contributed by atoms with Crippen molar-refractivity contribution in [3.05, 3.63) is 65.2 Å². The van der Waals surface area contributed by atoms with Crippen LogP contribution in [0.15, 0.2) is 42.5 Å². The third kappa shape index (κ3) is 2.74. The van der Waals surface area contributed by atoms with Crippen LogP contribution in [0.3, 0.4) is 0 Å². The minimum absolute atomic E-state index is 0.0778. The summed E-state index contributed by atoms with van der Waals surface area (Å²) in [7, 11) is 0. The number of nitrogens with zero attached hydrogens (tertiary/aromatic N) is 1. The lowest BCUT2D eigenvalue weighted by Crippen LogP contribution is -2.47. The molecule has 2 heterocycles. The number of amides is 1. The van der Waals surface area contributed by atoms with Gasteiger partial charge in [-0.1, -0.05) is 24.3 Å². The van der Waals surface area contributed by atoms with E-state index in [0.717, 1.165) is 17.7 Å². The maximum Gasteiger partial charge on any atom is 0.233 e. The van der Waals surface area contributed by atoms with Crippen molar-refractivity contribution < 1.29 is 23.4 Å². The van der Waals surface area contributed by atoms with Crippen molar-refractivity contribution in [1.82, 2.24) is 4.90 Å². The van der Waals surface area contributed by atoms with E-state index in [0.29, 0.717) is 12.4 Å². The molecule has 2 aromatic carbocycles. The Morgan fingerprint density at radius 2 is 1.73 bits per heavy atom. The lowest BCUT2D eigenvalue weighted by atomic mass is 9.83. The molecule has 0 spiro atoms. The second-order valence-electron chi connectivity index (χ2n) is 6.85. The van der Waals surface area contributed by atoms with Crippen LogP contribution >= 0.6 is 0 Å². The van der Waals surface area contributed by atoms with Crippen LogP contribution in [0.4, 0.5) is 8.78 Å². The van der Waals surface area contributed by atoms with Gasteiger partial charge in [-0.05, 0) is 31.0 Å². The van der Waals surface area contributed by atoms with E-state index in [2.05, 4.69) is 0 Å². The van der Waals surface area contributed by atoms with Gasteiger partial charge in [0.25, 0.3) is 0 Å². The molecule has 1 unspecified atom stereocenters. The molecule has 1 saturated heterocycles. The Hall–Kier alpha value is -2.47. The topological polar surface area (TPSA) is 49.8 Å². The van der Waals surface area contributed by atoms with Gasteiger partial charge in [0.1, 0.15) is 29.9 Å². The highest BCUT2D eigenvalue weighted by molar-refractivity contribution is 5.85. The number of benzene rings is 2. The first-order chi connectivity index (χ1) is 12.5. The van der Waals surface area contributed by atoms with E-state index in [9.17, 15) is 18.7 Å². The number of aliphatic hydroxyl groups is 1. The van der Waals surface area contributed by atoms with Gasteiger partial charge in [-0.2, -0.15) is 0 Å². The van der Waals surface area contributed by atoms with Gasteiger partial charge < -0.3 is 14.7 Å². The zero-order valence-electron chi connectivity index (χ0n) is 14.1. The summed E-state index contributed by atoms with van der Waals surface area (Å²) >= 11 is 0. The van der Waals surface area contributed by atoms with E-state index in [-0.39, 0.29) is 43.3 Å². The molecule has 0 bridgehead atoms. The molecule has 0 aliphatic carbocycles. The molecule has 136 valence electrons. The molecule has 26 heavy (non-hydrogen) atoms. The van der Waals surface area contributed by atoms with E-state index in [1.54, 1.807) is 4.90 Å². The second kappa shape index (κ2) is 6.36. The zero-order chi connectivity index (χ0) is 18.3. The summed E-state index contributed by atoms with van der Waals surface area (Å²) in [5, 5.41) is 10.8. The largest absolute Gasteiger partial charge is 0.492 e. The Morgan fingerprint density at radius 1 is 1.08 bits per heavy atom. The minimum Gasteiger partial charge on any atom is -0.492 e. The molecule has 4 nitrogen and oxygen atoms in total. The first kappa shape index (κ1) is 17.0. The van der Waals surface area contributed by atoms with E-state index in [4.69, 9.17) is 4.74 Å². The maximum absolute atomic E-state index is 14.0. The highest BCUT2D eigenvalue weighted by atomic mass is 19.1. The summed E-state index contributed by atoms with van der Waals surface area (Å²) in [6, 6.07) is 11.0. The van der Waals surface area contributed by atoms with Crippen molar-refractivity contribution in [1.29, 1.82) is 0 Å². The predicted octanol–water partition coefficient (Wildman–Crippen LogP) is 2.95. The number of piperidine rings is 1. The lowest BCUT2D eigenvalue weighted by Gasteiger charge is -2.39. The van der Waals surface area contributed by atoms with Crippen molar-refractivity contribution in [2.24, 2.45) is 0 Å². The molecule has 1 fully saturated rings. The van der Waals surface area contributed by atoms with Crippen LogP contribution in [0.2, 0.25) is 0 Å². The fourth-order valence-corrected chi connectivity index (χ4v) is 3.88. The van der Waals surface area contributed by atoms with Gasteiger partial charge >= 0.3 is 0 Å². The SMILES string of the molecule is O=C(C1COc2ccccc21)N1CCC(O)(c2c(F)cccc2F)CC1. The molecule has 0 radical (unpaired) electrons. The van der Waals surface area contributed by atoms with E-state index >= 15 is 0 Å². The molecule has 1 atom stereocenters. The minimum atomic E-state index is -1.60. The predicted molar refractivity (Wildman–Crippen MR) is 90.7 cm³/mol. The van der Waals surface area contributed by atoms with Crippen LogP contribution in [0.25, 0.3) is 0 Å². The second-order valence-corrected chi connectivity index (χ2v) is 6.85. The Kier molecular flexibility index (Phi) is 4.15. The van der Waals surface area contributed by atoms with E-state index in [1.165, 1.54) is 6.07 Å². The number of hydrogen-bond acceptors (Lipinski definition) is 3. The quantitative estimate of drug-likeness (QED) is 0.897. The Labute approximate surface area is 150 Å². The Balaban J connectivity index is 1.50. The van der Waals surface area contributed by atoms with Crippen LogP contribution in [0, 0.1) is 11.6 Å². The first-order valence-electron chi connectivity index (χ1n) is 8.67. The van der Waals surface area contributed by atoms with E-state index in [1.807, 2.05) is 24.3 Å². The number of hydrogen-bond donors (Lipinski definition) is 1. The molecule has 1 N–H and O–H groups in total. The lowest BCUT2D eigenvalue weighted by molar-refractivity contribution is -0.137. The third-order valence-electron chi connectivity index (χ3n) is 5.33. The number of rotatable bonds is 2. The molecule has 2 aliphatic heterocycles. The van der Waals surface area contributed by atoms with Crippen molar-refractivity contribution in [2.75, 3.05) is 19.7 Å². The van der Waals surface area contributed by atoms with Gasteiger partial charge in [0.2, 0.25) is 5.91 Å². The molecular weight excluding hydrogens is 340 g/mol. The van der Waals surface area contributed by atoms with Gasteiger partial charge in [0.05, 0.1) is 11.2 Å². The number of fused-ring (bicyclic) bond motifs is 1. The average Bonchev–Trinajstić information content (AvgIpc) is 3.05. The normalized spacial score (nSPS) is 21.2. The first-order valence-corrected chi connectivity index (χ1v) is 8.67. The molecule has 4 rings (SSSR count). The zero-order valence-corrected chi connectivity index (χ0v) is 14.1. The molecular formula is C20H19F2NO3. The Morgan fingerprint density at radius 3 is 2.42 bits per heavy atom. The van der Waals surface area contributed by atoms with Crippen molar-refractivity contribution in [3.63, 3.8) is 0 Å². The molecule has 0 aromatic heterocycles. The average molecular weight is 359 g/mol. The number of para-hydroxylation sites is 1. The van der Waals surface area contributed by atoms with Crippen LogP contribution < -0.4 is 4.74 Å². The van der Waals surface area contributed by atoms with Gasteiger partial charge in [-0.15, -0.1) is 0 Å². The number of carbonyl (C=O) groups is 1. The number of carbonyl (C=O) groups excluding carboxylic acids is 1. The summed E-state index contributed by atoms with van der Waals surface area (Å²) < 4.78 is 33.7. The van der Waals surface area contributed by atoms with Crippen LogP contribution in [-0.4, -0.2) is 35.6 Å². The number of ether oxygens (including phenoxy) is 1. The van der Waals surface area contributed by atoms with E-state index < -0.39 is 17.2 Å². The molecule has 1 amide bonds. The highest BCUT2D eigenvalue weighted by Crippen LogP contribution is 2.39. The van der Waals surface area contributed by atoms with Crippen LogP contribution in [0.5, 0.6) is 5.75 Å². The Bertz CT molecular complexity index is 826. The van der Waals surface area contributed by atoms with Gasteiger partial charge in [0, 0.05) is 18.7 Å². The highest BCUT2D eigenvalue weighted by Gasteiger charge is 2.41. The maximum atomic E-state index is 14.0. The van der Waals surface area contributed by atoms with Gasteiger partial charge in [0.15, 0.2) is 0 Å². The number of halogens is 2. The smallest absolute Gasteiger partial charge is 0.233 e. The summed E-state index contributed by atoms with van der Waals surface area (Å²) in [6.45, 7) is 0.768. The fraction of sp³-hybridized carbons (Fsp3) is 0.350. The third-order valence-corrected chi connectivity index (χ3v) is 5.33. The van der Waals surface area contributed by atoms with Crippen molar-refractivity contribution >= 4 is 5.91 Å². The number of likely N-dealkylation sites (tertiary alicyclic amines) is 1. The summed E-state index contributed by atoms with van der Waals surface area (Å²) in [5.74, 6) is -1.25. The summed E-state index contributed by atoms with van der Waals surface area (Å²) in [5.41, 5.74) is -1.05. The van der Waals surface area contributed by atoms with Crippen molar-refractivity contribution in [2.45, 2.75) is 24.4 Å². The molecule has 0 saturated carbocycles. The fourth-order valence-electron chi connectivity index (χ4n) is 3.88. The molecule has 2 aliphatic rings. The van der Waals surface area contributed by atoms with Crippen LogP contribution in [0.1, 0.15) is 29.9 Å². The molecule has 2 aromatic rings. The standard InChI is InChI=1S/C20H19F2NO3/c21-15-5-3-6-16(22)18(15)20(25)8-10-23(11-9-20)19(24)14-12-26-17-7-2-1-4-13(14)17/h1-7,14,25H,8-12H2. The van der Waals surface area contributed by atoms with Gasteiger partial charge in [-0.3, -0.25) is 4.79 Å². The molecule has 6 heteroatoms. The van der Waals surface area contributed by atoms with Crippen molar-refractivity contribution in [3.8, 4) is 5.75 Å². The van der Waals surface area contributed by atoms with Gasteiger partial charge in [-0.25, -0.2) is 8.78 Å². The summed E-state index contributed by atoms with van der Waals surface area (Å²) in [6.07, 6.45) is 0.178.